The second kappa shape index (κ2) is 6.04. The van der Waals surface area contributed by atoms with Crippen LogP contribution in [0.15, 0.2) is 58.4 Å². The second-order valence-corrected chi connectivity index (χ2v) is 8.23. The Morgan fingerprint density at radius 1 is 1.19 bits per heavy atom. The molecule has 0 saturated heterocycles. The lowest BCUT2D eigenvalue weighted by atomic mass is 10.1. The van der Waals surface area contributed by atoms with Crippen molar-refractivity contribution in [3.8, 4) is 0 Å². The van der Waals surface area contributed by atoms with Gasteiger partial charge < -0.3 is 9.88 Å². The highest BCUT2D eigenvalue weighted by Gasteiger charge is 2.24. The first-order chi connectivity index (χ1) is 12.8. The predicted molar refractivity (Wildman–Crippen MR) is 102 cm³/mol. The van der Waals surface area contributed by atoms with Crippen molar-refractivity contribution < 1.29 is 13.2 Å². The van der Waals surface area contributed by atoms with Crippen molar-refractivity contribution in [2.75, 3.05) is 5.32 Å². The van der Waals surface area contributed by atoms with E-state index in [9.17, 15) is 18.0 Å². The van der Waals surface area contributed by atoms with Gasteiger partial charge in [-0.1, -0.05) is 12.1 Å². The SMILES string of the molecule is CC1Cc2cccc3c(=O)c(C(=O)Nc4ccc(S(N)(=O)=O)cc4)cn1c23. The summed E-state index contributed by atoms with van der Waals surface area (Å²) in [6.07, 6.45) is 2.41. The molecule has 3 N–H and O–H groups in total. The molecular weight excluding hydrogens is 366 g/mol. The van der Waals surface area contributed by atoms with E-state index in [-0.39, 0.29) is 21.9 Å². The minimum absolute atomic E-state index is 0.0453. The number of hydrogen-bond donors (Lipinski definition) is 2. The van der Waals surface area contributed by atoms with Crippen molar-refractivity contribution in [2.45, 2.75) is 24.3 Å². The maximum Gasteiger partial charge on any atom is 0.261 e. The zero-order valence-corrected chi connectivity index (χ0v) is 15.3. The van der Waals surface area contributed by atoms with Crippen LogP contribution in [0.25, 0.3) is 10.9 Å². The number of nitrogens with two attached hydrogens (primary N) is 1. The van der Waals surface area contributed by atoms with E-state index in [0.29, 0.717) is 11.1 Å². The monoisotopic (exact) mass is 383 g/mol. The van der Waals surface area contributed by atoms with Gasteiger partial charge in [0.25, 0.3) is 5.91 Å². The maximum atomic E-state index is 12.8. The van der Waals surface area contributed by atoms with Crippen LogP contribution in [0.3, 0.4) is 0 Å². The molecule has 0 radical (unpaired) electrons. The number of amides is 1. The van der Waals surface area contributed by atoms with E-state index in [1.807, 2.05) is 23.6 Å². The van der Waals surface area contributed by atoms with Gasteiger partial charge in [-0.3, -0.25) is 9.59 Å². The van der Waals surface area contributed by atoms with Crippen LogP contribution in [-0.4, -0.2) is 18.9 Å². The van der Waals surface area contributed by atoms with Crippen LogP contribution in [0.2, 0.25) is 0 Å². The van der Waals surface area contributed by atoms with Crippen molar-refractivity contribution in [1.82, 2.24) is 4.57 Å². The van der Waals surface area contributed by atoms with Crippen LogP contribution in [0.5, 0.6) is 0 Å². The van der Waals surface area contributed by atoms with E-state index in [0.717, 1.165) is 17.5 Å². The van der Waals surface area contributed by atoms with Gasteiger partial charge in [-0.15, -0.1) is 0 Å². The molecule has 1 amide bonds. The van der Waals surface area contributed by atoms with Crippen LogP contribution >= 0.6 is 0 Å². The molecule has 27 heavy (non-hydrogen) atoms. The molecule has 1 unspecified atom stereocenters. The third kappa shape index (κ3) is 2.92. The van der Waals surface area contributed by atoms with Crippen molar-refractivity contribution in [1.29, 1.82) is 0 Å². The molecule has 1 atom stereocenters. The molecule has 4 rings (SSSR count). The Balaban J connectivity index is 1.72. The van der Waals surface area contributed by atoms with E-state index >= 15 is 0 Å². The highest BCUT2D eigenvalue weighted by atomic mass is 32.2. The lowest BCUT2D eigenvalue weighted by Gasteiger charge is -2.13. The van der Waals surface area contributed by atoms with Gasteiger partial charge >= 0.3 is 0 Å². The number of hydrogen-bond acceptors (Lipinski definition) is 4. The van der Waals surface area contributed by atoms with E-state index < -0.39 is 15.9 Å². The fourth-order valence-corrected chi connectivity index (χ4v) is 4.02. The summed E-state index contributed by atoms with van der Waals surface area (Å²) in [6.45, 7) is 2.04. The normalized spacial score (nSPS) is 15.9. The summed E-state index contributed by atoms with van der Waals surface area (Å²) < 4.78 is 24.6. The number of carbonyl (C=O) groups excluding carboxylic acids is 1. The number of pyridine rings is 1. The molecule has 0 spiro atoms. The minimum Gasteiger partial charge on any atom is -0.343 e. The lowest BCUT2D eigenvalue weighted by Crippen LogP contribution is -2.23. The molecule has 1 aliphatic heterocycles. The number of primary sulfonamides is 1. The van der Waals surface area contributed by atoms with Crippen LogP contribution in [0, 0.1) is 0 Å². The average molecular weight is 383 g/mol. The molecule has 1 aromatic heterocycles. The van der Waals surface area contributed by atoms with Gasteiger partial charge in [0.2, 0.25) is 15.5 Å². The highest BCUT2D eigenvalue weighted by Crippen LogP contribution is 2.31. The second-order valence-electron chi connectivity index (χ2n) is 6.67. The third-order valence-electron chi connectivity index (χ3n) is 4.81. The molecule has 2 heterocycles. The number of benzene rings is 2. The predicted octanol–water partition coefficient (Wildman–Crippen LogP) is 2.02. The smallest absolute Gasteiger partial charge is 0.261 e. The van der Waals surface area contributed by atoms with Gasteiger partial charge in [0.05, 0.1) is 10.4 Å². The zero-order chi connectivity index (χ0) is 19.3. The minimum atomic E-state index is -3.81. The Bertz CT molecular complexity index is 1240. The third-order valence-corrected chi connectivity index (χ3v) is 5.74. The Morgan fingerprint density at radius 3 is 2.56 bits per heavy atom. The van der Waals surface area contributed by atoms with Gasteiger partial charge in [0.1, 0.15) is 5.56 Å². The van der Waals surface area contributed by atoms with E-state index in [2.05, 4.69) is 5.32 Å². The van der Waals surface area contributed by atoms with Crippen molar-refractivity contribution in [3.63, 3.8) is 0 Å². The van der Waals surface area contributed by atoms with Crippen LogP contribution < -0.4 is 15.9 Å². The molecule has 0 aliphatic carbocycles. The highest BCUT2D eigenvalue weighted by molar-refractivity contribution is 7.89. The number of nitrogens with zero attached hydrogens (tertiary/aromatic N) is 1. The Kier molecular flexibility index (Phi) is 3.90. The zero-order valence-electron chi connectivity index (χ0n) is 14.5. The number of aromatic nitrogens is 1. The van der Waals surface area contributed by atoms with Crippen LogP contribution in [0.4, 0.5) is 5.69 Å². The fourth-order valence-electron chi connectivity index (χ4n) is 3.50. The average Bonchev–Trinajstić information content (AvgIpc) is 2.94. The topological polar surface area (TPSA) is 111 Å². The van der Waals surface area contributed by atoms with Gasteiger partial charge in [-0.2, -0.15) is 0 Å². The molecule has 1 aliphatic rings. The summed E-state index contributed by atoms with van der Waals surface area (Å²) in [5.74, 6) is -0.543. The first-order valence-electron chi connectivity index (χ1n) is 8.36. The van der Waals surface area contributed by atoms with Crippen molar-refractivity contribution in [3.05, 3.63) is 70.0 Å². The molecular formula is C19H17N3O4S. The summed E-state index contributed by atoms with van der Waals surface area (Å²) in [6, 6.07) is 11.2. The van der Waals surface area contributed by atoms with Gasteiger partial charge in [-0.05, 0) is 49.2 Å². The van der Waals surface area contributed by atoms with E-state index in [1.165, 1.54) is 24.3 Å². The summed E-state index contributed by atoms with van der Waals surface area (Å²) in [7, 11) is -3.81. The van der Waals surface area contributed by atoms with Crippen LogP contribution in [0.1, 0.15) is 28.9 Å². The largest absolute Gasteiger partial charge is 0.343 e. The number of rotatable bonds is 3. The van der Waals surface area contributed by atoms with Gasteiger partial charge in [-0.25, -0.2) is 13.6 Å². The summed E-state index contributed by atoms with van der Waals surface area (Å²) >= 11 is 0. The number of nitrogens with one attached hydrogen (secondary N) is 1. The maximum absolute atomic E-state index is 12.8. The molecule has 0 bridgehead atoms. The van der Waals surface area contributed by atoms with Crippen molar-refractivity contribution >= 4 is 32.5 Å². The quantitative estimate of drug-likeness (QED) is 0.721. The molecule has 0 fully saturated rings. The van der Waals surface area contributed by atoms with Gasteiger partial charge in [0.15, 0.2) is 0 Å². The number of carbonyl (C=O) groups is 1. The van der Waals surface area contributed by atoms with Crippen LogP contribution in [-0.2, 0) is 16.4 Å². The standard InChI is InChI=1S/C19H17N3O4S/c1-11-9-12-3-2-4-15-17(12)22(11)10-16(18(15)23)19(24)21-13-5-7-14(8-6-13)27(20,25)26/h2-8,10-11H,9H2,1H3,(H,21,24)(H2,20,25,26). The van der Waals surface area contributed by atoms with Gasteiger partial charge in [0, 0.05) is 23.3 Å². The molecule has 3 aromatic rings. The Morgan fingerprint density at radius 2 is 1.89 bits per heavy atom. The lowest BCUT2D eigenvalue weighted by molar-refractivity contribution is 0.102. The molecule has 138 valence electrons. The summed E-state index contributed by atoms with van der Waals surface area (Å²) in [5.41, 5.74) is 2.07. The molecule has 8 heteroatoms. The molecule has 7 nitrogen and oxygen atoms in total. The summed E-state index contributed by atoms with van der Waals surface area (Å²) in [5, 5.41) is 8.22. The van der Waals surface area contributed by atoms with E-state index in [1.54, 1.807) is 12.3 Å². The fraction of sp³-hybridized carbons (Fsp3) is 0.158. The van der Waals surface area contributed by atoms with Crippen molar-refractivity contribution in [2.24, 2.45) is 5.14 Å². The Labute approximate surface area is 155 Å². The summed E-state index contributed by atoms with van der Waals surface area (Å²) in [4.78, 5) is 25.4. The Hall–Kier alpha value is -2.97. The number of para-hydroxylation sites is 1. The number of anilines is 1. The first-order valence-corrected chi connectivity index (χ1v) is 9.91. The molecule has 2 aromatic carbocycles. The van der Waals surface area contributed by atoms with E-state index in [4.69, 9.17) is 5.14 Å². The first kappa shape index (κ1) is 17.4. The molecule has 0 saturated carbocycles. The number of sulfonamides is 1.